The van der Waals surface area contributed by atoms with Gasteiger partial charge >= 0.3 is 0 Å². The number of carbonyl (C=O) groups is 2. The molecule has 1 fully saturated rings. The van der Waals surface area contributed by atoms with Crippen molar-refractivity contribution in [3.63, 3.8) is 0 Å². The van der Waals surface area contributed by atoms with Crippen LogP contribution >= 0.6 is 0 Å². The number of halogens is 1. The van der Waals surface area contributed by atoms with Crippen LogP contribution in [0.15, 0.2) is 64.8 Å². The van der Waals surface area contributed by atoms with Gasteiger partial charge in [0.1, 0.15) is 29.1 Å². The number of ether oxygens (including phenoxy) is 1. The molecule has 0 spiro atoms. The van der Waals surface area contributed by atoms with Gasteiger partial charge in [-0.3, -0.25) is 9.59 Å². The first-order chi connectivity index (χ1) is 16.7. The molecule has 4 rings (SSSR count). The first kappa shape index (κ1) is 24.3. The highest BCUT2D eigenvalue weighted by atomic mass is 19.1. The molecular weight excluding hydrogens is 449 g/mol. The van der Waals surface area contributed by atoms with Crippen LogP contribution < -0.4 is 4.74 Å². The van der Waals surface area contributed by atoms with Crippen molar-refractivity contribution in [2.24, 2.45) is 0 Å². The van der Waals surface area contributed by atoms with Gasteiger partial charge in [-0.15, -0.1) is 0 Å². The fourth-order valence-corrected chi connectivity index (χ4v) is 4.48. The second-order valence-electron chi connectivity index (χ2n) is 8.95. The van der Waals surface area contributed by atoms with Crippen LogP contribution in [0.4, 0.5) is 4.39 Å². The summed E-state index contributed by atoms with van der Waals surface area (Å²) in [6, 6.07) is 12.1. The van der Waals surface area contributed by atoms with Crippen molar-refractivity contribution in [3.05, 3.63) is 94.2 Å². The number of nitrogens with zero attached hydrogens (tertiary/aromatic N) is 1. The molecule has 0 radical (unpaired) electrons. The van der Waals surface area contributed by atoms with Gasteiger partial charge in [-0.25, -0.2) is 4.39 Å². The van der Waals surface area contributed by atoms with E-state index in [4.69, 9.17) is 9.15 Å². The highest BCUT2D eigenvalue weighted by molar-refractivity contribution is 6.46. The van der Waals surface area contributed by atoms with Gasteiger partial charge in [0, 0.05) is 12.1 Å². The summed E-state index contributed by atoms with van der Waals surface area (Å²) in [5.41, 5.74) is 2.84. The summed E-state index contributed by atoms with van der Waals surface area (Å²) in [4.78, 5) is 27.7. The molecule has 182 valence electrons. The first-order valence-electron chi connectivity index (χ1n) is 11.5. The third kappa shape index (κ3) is 4.58. The number of aryl methyl sites for hydroxylation is 1. The number of rotatable bonds is 7. The number of carbonyl (C=O) groups excluding carboxylic acids is 2. The molecule has 2 aromatic carbocycles. The second-order valence-corrected chi connectivity index (χ2v) is 8.95. The summed E-state index contributed by atoms with van der Waals surface area (Å²) < 4.78 is 24.4. The topological polar surface area (TPSA) is 80.0 Å². The number of furan rings is 1. The van der Waals surface area contributed by atoms with Gasteiger partial charge in [-0.1, -0.05) is 26.0 Å². The minimum Gasteiger partial charge on any atom is -0.507 e. The molecule has 7 heteroatoms. The number of amides is 1. The Labute approximate surface area is 203 Å². The fourth-order valence-electron chi connectivity index (χ4n) is 4.48. The van der Waals surface area contributed by atoms with Gasteiger partial charge in [0.05, 0.1) is 18.9 Å². The minimum atomic E-state index is -0.880. The van der Waals surface area contributed by atoms with Crippen molar-refractivity contribution < 1.29 is 28.2 Å². The van der Waals surface area contributed by atoms with Crippen LogP contribution in [-0.4, -0.2) is 35.4 Å². The molecule has 3 aromatic rings. The van der Waals surface area contributed by atoms with E-state index in [-0.39, 0.29) is 29.6 Å². The molecule has 1 amide bonds. The molecule has 1 atom stereocenters. The highest BCUT2D eigenvalue weighted by Gasteiger charge is 2.47. The van der Waals surface area contributed by atoms with Gasteiger partial charge in [0.25, 0.3) is 11.7 Å². The second kappa shape index (κ2) is 9.78. The van der Waals surface area contributed by atoms with Crippen molar-refractivity contribution in [1.29, 1.82) is 0 Å². The average Bonchev–Trinajstić information content (AvgIpc) is 3.45. The SMILES string of the molecule is COc1cc(C)c(/C(O)=C2\C(=O)C(=O)N(CCc3ccc(F)cc3)C2c2ccco2)cc1C(C)C. The molecule has 1 aliphatic rings. The molecule has 1 saturated heterocycles. The van der Waals surface area contributed by atoms with E-state index < -0.39 is 17.7 Å². The third-order valence-electron chi connectivity index (χ3n) is 6.36. The largest absolute Gasteiger partial charge is 0.507 e. The van der Waals surface area contributed by atoms with Crippen LogP contribution in [0.3, 0.4) is 0 Å². The van der Waals surface area contributed by atoms with Gasteiger partial charge in [-0.2, -0.15) is 0 Å². The van der Waals surface area contributed by atoms with Gasteiger partial charge in [-0.05, 0) is 72.4 Å². The summed E-state index contributed by atoms with van der Waals surface area (Å²) in [6.45, 7) is 6.02. The molecular formula is C28H28FNO5. The van der Waals surface area contributed by atoms with Gasteiger partial charge in [0.15, 0.2) is 0 Å². The maximum Gasteiger partial charge on any atom is 0.295 e. The predicted molar refractivity (Wildman–Crippen MR) is 130 cm³/mol. The number of aliphatic hydroxyl groups is 1. The van der Waals surface area contributed by atoms with E-state index in [1.54, 1.807) is 37.4 Å². The van der Waals surface area contributed by atoms with Crippen molar-refractivity contribution in [2.75, 3.05) is 13.7 Å². The quantitative estimate of drug-likeness (QED) is 0.275. The standard InChI is InChI=1S/C28H28FNO5/c1-16(2)20-15-21(17(3)14-23(20)34-4)26(31)24-25(22-6-5-13-35-22)30(28(33)27(24)32)12-11-18-7-9-19(29)10-8-18/h5-10,13-16,25,31H,11-12H2,1-4H3/b26-24+. The van der Waals surface area contributed by atoms with Crippen LogP contribution in [0.1, 0.15) is 53.8 Å². The number of likely N-dealkylation sites (tertiary alicyclic amines) is 1. The number of Topliss-reactive ketones (excluding diaryl/α,β-unsaturated/α-hetero) is 1. The number of ketones is 1. The Balaban J connectivity index is 1.80. The van der Waals surface area contributed by atoms with Crippen LogP contribution in [0.25, 0.3) is 5.76 Å². The zero-order chi connectivity index (χ0) is 25.3. The smallest absolute Gasteiger partial charge is 0.295 e. The Kier molecular flexibility index (Phi) is 6.78. The van der Waals surface area contributed by atoms with E-state index >= 15 is 0 Å². The summed E-state index contributed by atoms with van der Waals surface area (Å²) in [5.74, 6) is -0.918. The monoisotopic (exact) mass is 477 g/mol. The number of aliphatic hydroxyl groups excluding tert-OH is 1. The van der Waals surface area contributed by atoms with Crippen molar-refractivity contribution >= 4 is 17.4 Å². The summed E-state index contributed by atoms with van der Waals surface area (Å²) in [5, 5.41) is 11.4. The lowest BCUT2D eigenvalue weighted by atomic mass is 9.92. The van der Waals surface area contributed by atoms with Crippen molar-refractivity contribution in [1.82, 2.24) is 4.90 Å². The molecule has 1 aliphatic heterocycles. The Bertz CT molecular complexity index is 1280. The Hall–Kier alpha value is -3.87. The van der Waals surface area contributed by atoms with E-state index in [0.29, 0.717) is 29.1 Å². The molecule has 0 saturated carbocycles. The molecule has 35 heavy (non-hydrogen) atoms. The highest BCUT2D eigenvalue weighted by Crippen LogP contribution is 2.41. The average molecular weight is 478 g/mol. The van der Waals surface area contributed by atoms with Crippen LogP contribution in [0, 0.1) is 12.7 Å². The molecule has 1 aromatic heterocycles. The van der Waals surface area contributed by atoms with Crippen LogP contribution in [-0.2, 0) is 16.0 Å². The molecule has 2 heterocycles. The van der Waals surface area contributed by atoms with E-state index in [1.807, 2.05) is 26.8 Å². The predicted octanol–water partition coefficient (Wildman–Crippen LogP) is 5.52. The third-order valence-corrected chi connectivity index (χ3v) is 6.36. The number of hydrogen-bond acceptors (Lipinski definition) is 5. The van der Waals surface area contributed by atoms with E-state index in [2.05, 4.69) is 0 Å². The van der Waals surface area contributed by atoms with E-state index in [1.165, 1.54) is 23.3 Å². The van der Waals surface area contributed by atoms with Gasteiger partial charge < -0.3 is 19.2 Å². The fraction of sp³-hybridized carbons (Fsp3) is 0.286. The molecule has 6 nitrogen and oxygen atoms in total. The lowest BCUT2D eigenvalue weighted by Crippen LogP contribution is -2.31. The maximum atomic E-state index is 13.3. The first-order valence-corrected chi connectivity index (χ1v) is 11.5. The normalized spacial score (nSPS) is 17.4. The zero-order valence-corrected chi connectivity index (χ0v) is 20.2. The van der Waals surface area contributed by atoms with Crippen LogP contribution in [0.5, 0.6) is 5.75 Å². The van der Waals surface area contributed by atoms with E-state index in [0.717, 1.165) is 11.1 Å². The summed E-state index contributed by atoms with van der Waals surface area (Å²) >= 11 is 0. The van der Waals surface area contributed by atoms with Gasteiger partial charge in [0.2, 0.25) is 0 Å². The van der Waals surface area contributed by atoms with Crippen molar-refractivity contribution in [3.8, 4) is 5.75 Å². The van der Waals surface area contributed by atoms with Crippen molar-refractivity contribution in [2.45, 2.75) is 39.2 Å². The summed E-state index contributed by atoms with van der Waals surface area (Å²) in [7, 11) is 1.59. The zero-order valence-electron chi connectivity index (χ0n) is 20.2. The van der Waals surface area contributed by atoms with Crippen LogP contribution in [0.2, 0.25) is 0 Å². The molecule has 0 aliphatic carbocycles. The molecule has 1 N–H and O–H groups in total. The lowest BCUT2D eigenvalue weighted by molar-refractivity contribution is -0.140. The Morgan fingerprint density at radius 1 is 1.17 bits per heavy atom. The maximum absolute atomic E-state index is 13.3. The number of benzene rings is 2. The Morgan fingerprint density at radius 2 is 1.89 bits per heavy atom. The minimum absolute atomic E-state index is 0.0213. The summed E-state index contributed by atoms with van der Waals surface area (Å²) in [6.07, 6.45) is 1.87. The molecule has 1 unspecified atom stereocenters. The lowest BCUT2D eigenvalue weighted by Gasteiger charge is -2.23. The Morgan fingerprint density at radius 3 is 2.49 bits per heavy atom. The van der Waals surface area contributed by atoms with E-state index in [9.17, 15) is 19.1 Å². The number of hydrogen-bond donors (Lipinski definition) is 1. The number of methoxy groups -OCH3 is 1. The molecule has 0 bridgehead atoms.